The van der Waals surface area contributed by atoms with Crippen molar-refractivity contribution in [2.75, 3.05) is 7.11 Å². The Labute approximate surface area is 134 Å². The van der Waals surface area contributed by atoms with E-state index in [0.29, 0.717) is 11.3 Å². The first kappa shape index (κ1) is 16.6. The Morgan fingerprint density at radius 3 is 2.14 bits per heavy atom. The molecular formula is C15H13BrF3NO2. The molecule has 0 aliphatic heterocycles. The third-order valence-corrected chi connectivity index (χ3v) is 3.63. The maximum absolute atomic E-state index is 12.1. The molecule has 0 unspecified atom stereocenters. The second-order valence-electron chi connectivity index (χ2n) is 4.49. The molecule has 0 bridgehead atoms. The van der Waals surface area contributed by atoms with E-state index >= 15 is 0 Å². The van der Waals surface area contributed by atoms with Gasteiger partial charge in [-0.2, -0.15) is 0 Å². The van der Waals surface area contributed by atoms with Gasteiger partial charge >= 0.3 is 6.36 Å². The molecule has 3 nitrogen and oxygen atoms in total. The van der Waals surface area contributed by atoms with Crippen LogP contribution in [0, 0.1) is 0 Å². The average Bonchev–Trinajstić information content (AvgIpc) is 2.45. The van der Waals surface area contributed by atoms with Crippen LogP contribution in [0.3, 0.4) is 0 Å². The van der Waals surface area contributed by atoms with E-state index in [1.807, 2.05) is 6.07 Å². The molecule has 2 N–H and O–H groups in total. The van der Waals surface area contributed by atoms with Crippen LogP contribution in [-0.4, -0.2) is 13.5 Å². The highest BCUT2D eigenvalue weighted by atomic mass is 79.9. The Balaban J connectivity index is 2.19. The minimum absolute atomic E-state index is 0.278. The van der Waals surface area contributed by atoms with Crippen LogP contribution in [0.4, 0.5) is 13.2 Å². The summed E-state index contributed by atoms with van der Waals surface area (Å²) in [6, 6.07) is 10.4. The molecule has 0 fully saturated rings. The number of alkyl halides is 3. The molecule has 0 aliphatic carbocycles. The topological polar surface area (TPSA) is 44.5 Å². The fourth-order valence-electron chi connectivity index (χ4n) is 1.95. The Hall–Kier alpha value is -1.73. The zero-order valence-corrected chi connectivity index (χ0v) is 13.1. The largest absolute Gasteiger partial charge is 0.573 e. The van der Waals surface area contributed by atoms with Crippen LogP contribution >= 0.6 is 15.9 Å². The monoisotopic (exact) mass is 375 g/mol. The lowest BCUT2D eigenvalue weighted by Crippen LogP contribution is -2.17. The van der Waals surface area contributed by atoms with Crippen LogP contribution in [-0.2, 0) is 0 Å². The molecule has 0 aliphatic rings. The second-order valence-corrected chi connectivity index (χ2v) is 5.34. The summed E-state index contributed by atoms with van der Waals surface area (Å²) >= 11 is 3.37. The highest BCUT2D eigenvalue weighted by Gasteiger charge is 2.31. The third kappa shape index (κ3) is 4.14. The zero-order valence-electron chi connectivity index (χ0n) is 11.5. The Bertz CT molecular complexity index is 644. The summed E-state index contributed by atoms with van der Waals surface area (Å²) in [5.41, 5.74) is 7.61. The number of benzene rings is 2. The molecule has 118 valence electrons. The van der Waals surface area contributed by atoms with Gasteiger partial charge in [-0.05, 0) is 51.3 Å². The Morgan fingerprint density at radius 2 is 1.64 bits per heavy atom. The number of rotatable bonds is 4. The van der Waals surface area contributed by atoms with E-state index in [9.17, 15) is 13.2 Å². The second kappa shape index (κ2) is 6.58. The number of nitrogens with two attached hydrogens (primary N) is 1. The molecule has 2 aromatic rings. The van der Waals surface area contributed by atoms with Gasteiger partial charge in [0.05, 0.1) is 17.6 Å². The molecule has 2 rings (SSSR count). The smallest absolute Gasteiger partial charge is 0.496 e. The number of ether oxygens (including phenoxy) is 2. The first-order chi connectivity index (χ1) is 10.3. The summed E-state index contributed by atoms with van der Waals surface area (Å²) in [6.07, 6.45) is -4.70. The average molecular weight is 376 g/mol. The maximum atomic E-state index is 12.1. The first-order valence-electron chi connectivity index (χ1n) is 6.25. The minimum atomic E-state index is -4.70. The lowest BCUT2D eigenvalue weighted by molar-refractivity contribution is -0.274. The van der Waals surface area contributed by atoms with Gasteiger partial charge in [0.25, 0.3) is 0 Å². The van der Waals surface area contributed by atoms with Gasteiger partial charge in [-0.1, -0.05) is 18.2 Å². The Kier molecular flexibility index (Phi) is 4.97. The van der Waals surface area contributed by atoms with Gasteiger partial charge in [0, 0.05) is 0 Å². The molecule has 22 heavy (non-hydrogen) atoms. The molecule has 0 amide bonds. The highest BCUT2D eigenvalue weighted by Crippen LogP contribution is 2.30. The molecule has 0 aromatic heterocycles. The molecule has 0 spiro atoms. The summed E-state index contributed by atoms with van der Waals surface area (Å²) in [5, 5.41) is 0. The summed E-state index contributed by atoms with van der Waals surface area (Å²) < 4.78 is 46.1. The van der Waals surface area contributed by atoms with E-state index in [0.717, 1.165) is 10.0 Å². The first-order valence-corrected chi connectivity index (χ1v) is 7.04. The standard InChI is InChI=1S/C15H13BrF3NO2/c1-21-13-7-4-10(8-12(13)16)14(20)9-2-5-11(6-3-9)22-15(17,18)19/h2-8,14H,20H2,1H3/t14-/m1/s1. The van der Waals surface area contributed by atoms with E-state index in [-0.39, 0.29) is 5.75 Å². The van der Waals surface area contributed by atoms with Crippen LogP contribution in [0.2, 0.25) is 0 Å². The number of methoxy groups -OCH3 is 1. The molecule has 1 atom stereocenters. The van der Waals surface area contributed by atoms with Crippen molar-refractivity contribution in [1.82, 2.24) is 0 Å². The van der Waals surface area contributed by atoms with Crippen molar-refractivity contribution in [3.63, 3.8) is 0 Å². The minimum Gasteiger partial charge on any atom is -0.496 e. The van der Waals surface area contributed by atoms with E-state index in [4.69, 9.17) is 10.5 Å². The van der Waals surface area contributed by atoms with Gasteiger partial charge in [0.1, 0.15) is 11.5 Å². The van der Waals surface area contributed by atoms with Gasteiger partial charge in [0.2, 0.25) is 0 Å². The third-order valence-electron chi connectivity index (χ3n) is 3.01. The van der Waals surface area contributed by atoms with E-state index in [1.54, 1.807) is 19.2 Å². The lowest BCUT2D eigenvalue weighted by atomic mass is 9.99. The molecule has 0 heterocycles. The molecule has 0 radical (unpaired) electrons. The predicted molar refractivity (Wildman–Crippen MR) is 79.8 cm³/mol. The Morgan fingerprint density at radius 1 is 1.05 bits per heavy atom. The van der Waals surface area contributed by atoms with Crippen LogP contribution in [0.25, 0.3) is 0 Å². The highest BCUT2D eigenvalue weighted by molar-refractivity contribution is 9.10. The fraction of sp³-hybridized carbons (Fsp3) is 0.200. The number of halogens is 4. The van der Waals surface area contributed by atoms with Gasteiger partial charge in [0.15, 0.2) is 0 Å². The van der Waals surface area contributed by atoms with Crippen molar-refractivity contribution < 1.29 is 22.6 Å². The van der Waals surface area contributed by atoms with Gasteiger partial charge in [-0.15, -0.1) is 13.2 Å². The van der Waals surface area contributed by atoms with E-state index in [2.05, 4.69) is 20.7 Å². The van der Waals surface area contributed by atoms with E-state index < -0.39 is 12.4 Å². The molecule has 0 saturated heterocycles. The summed E-state index contributed by atoms with van der Waals surface area (Å²) in [5.74, 6) is 0.393. The zero-order chi connectivity index (χ0) is 16.3. The fourth-order valence-corrected chi connectivity index (χ4v) is 2.50. The summed E-state index contributed by atoms with van der Waals surface area (Å²) in [6.45, 7) is 0. The van der Waals surface area contributed by atoms with Crippen molar-refractivity contribution in [2.24, 2.45) is 5.73 Å². The summed E-state index contributed by atoms with van der Waals surface area (Å²) in [4.78, 5) is 0. The van der Waals surface area contributed by atoms with Crippen LogP contribution in [0.1, 0.15) is 17.2 Å². The summed E-state index contributed by atoms with van der Waals surface area (Å²) in [7, 11) is 1.55. The van der Waals surface area contributed by atoms with Gasteiger partial charge < -0.3 is 15.2 Å². The molecular weight excluding hydrogens is 363 g/mol. The quantitative estimate of drug-likeness (QED) is 0.860. The normalized spacial score (nSPS) is 12.8. The van der Waals surface area contributed by atoms with Gasteiger partial charge in [-0.25, -0.2) is 0 Å². The molecule has 0 saturated carbocycles. The van der Waals surface area contributed by atoms with Crippen LogP contribution in [0.15, 0.2) is 46.9 Å². The van der Waals surface area contributed by atoms with Crippen LogP contribution < -0.4 is 15.2 Å². The SMILES string of the molecule is COc1ccc([C@H](N)c2ccc(OC(F)(F)F)cc2)cc1Br. The lowest BCUT2D eigenvalue weighted by Gasteiger charge is -2.15. The van der Waals surface area contributed by atoms with Crippen LogP contribution in [0.5, 0.6) is 11.5 Å². The molecule has 7 heteroatoms. The van der Waals surface area contributed by atoms with Crippen molar-refractivity contribution in [1.29, 1.82) is 0 Å². The van der Waals surface area contributed by atoms with Crippen molar-refractivity contribution in [2.45, 2.75) is 12.4 Å². The van der Waals surface area contributed by atoms with Crippen molar-refractivity contribution in [3.8, 4) is 11.5 Å². The number of hydrogen-bond acceptors (Lipinski definition) is 3. The van der Waals surface area contributed by atoms with Crippen molar-refractivity contribution >= 4 is 15.9 Å². The number of hydrogen-bond donors (Lipinski definition) is 1. The van der Waals surface area contributed by atoms with Gasteiger partial charge in [-0.3, -0.25) is 0 Å². The maximum Gasteiger partial charge on any atom is 0.573 e. The van der Waals surface area contributed by atoms with E-state index in [1.165, 1.54) is 24.3 Å². The van der Waals surface area contributed by atoms with Crippen molar-refractivity contribution in [3.05, 3.63) is 58.1 Å². The predicted octanol–water partition coefficient (Wildman–Crippen LogP) is 4.40. The molecule has 2 aromatic carbocycles.